The lowest BCUT2D eigenvalue weighted by Gasteiger charge is -2.24. The lowest BCUT2D eigenvalue weighted by Crippen LogP contribution is -2.51. The maximum atomic E-state index is 12.6. The third kappa shape index (κ3) is 2.29. The van der Waals surface area contributed by atoms with Gasteiger partial charge in [0.15, 0.2) is 0 Å². The van der Waals surface area contributed by atoms with Crippen LogP contribution in [0.1, 0.15) is 32.6 Å². The van der Waals surface area contributed by atoms with Crippen LogP contribution in [0.2, 0.25) is 0 Å². The smallest absolute Gasteiger partial charge is 0.243 e. The van der Waals surface area contributed by atoms with E-state index in [0.29, 0.717) is 12.6 Å². The molecule has 2 bridgehead atoms. The van der Waals surface area contributed by atoms with E-state index in [1.165, 1.54) is 4.90 Å². The number of rotatable bonds is 4. The maximum Gasteiger partial charge on any atom is 0.243 e. The molecule has 4 fully saturated rings. The third-order valence-electron chi connectivity index (χ3n) is 5.77. The van der Waals surface area contributed by atoms with Crippen LogP contribution in [0.3, 0.4) is 0 Å². The van der Waals surface area contributed by atoms with Crippen molar-refractivity contribution in [1.29, 1.82) is 0 Å². The second-order valence-corrected chi connectivity index (χ2v) is 7.10. The van der Waals surface area contributed by atoms with Gasteiger partial charge < -0.3 is 15.4 Å². The Hall–Kier alpha value is -1.47. The van der Waals surface area contributed by atoms with E-state index in [-0.39, 0.29) is 41.8 Å². The van der Waals surface area contributed by atoms with E-state index < -0.39 is 6.04 Å². The minimum Gasteiger partial charge on any atom is -0.373 e. The number of imide groups is 1. The minimum absolute atomic E-state index is 0.135. The van der Waals surface area contributed by atoms with Gasteiger partial charge in [-0.25, -0.2) is 0 Å². The molecule has 0 spiro atoms. The van der Waals surface area contributed by atoms with Crippen LogP contribution in [-0.2, 0) is 19.1 Å². The van der Waals surface area contributed by atoms with Crippen LogP contribution < -0.4 is 10.6 Å². The van der Waals surface area contributed by atoms with Gasteiger partial charge in [-0.3, -0.25) is 19.3 Å². The number of carbonyl (C=O) groups excluding carboxylic acids is 3. The van der Waals surface area contributed by atoms with Crippen molar-refractivity contribution in [3.8, 4) is 0 Å². The molecule has 0 aromatic rings. The summed E-state index contributed by atoms with van der Waals surface area (Å²) in [5.74, 6) is -1.45. The highest BCUT2D eigenvalue weighted by molar-refractivity contribution is 6.09. The summed E-state index contributed by atoms with van der Waals surface area (Å²) in [4.78, 5) is 38.8. The van der Waals surface area contributed by atoms with Crippen LogP contribution in [-0.4, -0.2) is 60.0 Å². The highest BCUT2D eigenvalue weighted by atomic mass is 16.5. The Morgan fingerprint density at radius 1 is 1.26 bits per heavy atom. The molecule has 0 radical (unpaired) electrons. The first-order chi connectivity index (χ1) is 11.1. The number of nitrogens with one attached hydrogen (secondary N) is 2. The zero-order valence-electron chi connectivity index (χ0n) is 13.3. The van der Waals surface area contributed by atoms with Gasteiger partial charge >= 0.3 is 0 Å². The van der Waals surface area contributed by atoms with Gasteiger partial charge in [-0.1, -0.05) is 0 Å². The summed E-state index contributed by atoms with van der Waals surface area (Å²) in [5.41, 5.74) is 0. The quantitative estimate of drug-likeness (QED) is 0.676. The molecule has 23 heavy (non-hydrogen) atoms. The number of ether oxygens (including phenoxy) is 1. The van der Waals surface area contributed by atoms with Crippen LogP contribution in [0.25, 0.3) is 0 Å². The summed E-state index contributed by atoms with van der Waals surface area (Å²) in [6, 6.07) is -0.457. The van der Waals surface area contributed by atoms with E-state index in [1.807, 2.05) is 0 Å². The fraction of sp³-hybridized carbons (Fsp3) is 0.812. The van der Waals surface area contributed by atoms with E-state index in [1.54, 1.807) is 6.92 Å². The van der Waals surface area contributed by atoms with Crippen molar-refractivity contribution in [2.24, 2.45) is 11.8 Å². The lowest BCUT2D eigenvalue weighted by molar-refractivity contribution is -0.149. The molecule has 7 heteroatoms. The summed E-state index contributed by atoms with van der Waals surface area (Å²) in [7, 11) is 0. The molecule has 126 valence electrons. The van der Waals surface area contributed by atoms with Crippen molar-refractivity contribution in [2.45, 2.75) is 56.9 Å². The van der Waals surface area contributed by atoms with Crippen molar-refractivity contribution in [3.05, 3.63) is 0 Å². The minimum atomic E-state index is -0.749. The summed E-state index contributed by atoms with van der Waals surface area (Å²) in [5, 5.41) is 6.18. The van der Waals surface area contributed by atoms with E-state index in [0.717, 1.165) is 32.2 Å². The van der Waals surface area contributed by atoms with Gasteiger partial charge in [0.2, 0.25) is 17.7 Å². The van der Waals surface area contributed by atoms with Gasteiger partial charge in [-0.05, 0) is 39.2 Å². The average Bonchev–Trinajstić information content (AvgIpc) is 3.29. The number of nitrogens with zero attached hydrogens (tertiary/aromatic N) is 1. The number of amides is 3. The van der Waals surface area contributed by atoms with Crippen LogP contribution in [0.15, 0.2) is 0 Å². The number of likely N-dealkylation sites (tertiary alicyclic amines) is 1. The molecule has 6 unspecified atom stereocenters. The first kappa shape index (κ1) is 15.1. The van der Waals surface area contributed by atoms with Crippen LogP contribution >= 0.6 is 0 Å². The molecule has 0 aliphatic carbocycles. The highest BCUT2D eigenvalue weighted by Gasteiger charge is 2.63. The molecular formula is C16H23N3O4. The van der Waals surface area contributed by atoms with E-state index in [4.69, 9.17) is 4.74 Å². The van der Waals surface area contributed by atoms with Gasteiger partial charge in [0, 0.05) is 12.6 Å². The van der Waals surface area contributed by atoms with Crippen molar-refractivity contribution in [2.75, 3.05) is 13.1 Å². The molecule has 6 atom stereocenters. The van der Waals surface area contributed by atoms with Crippen molar-refractivity contribution in [1.82, 2.24) is 15.5 Å². The molecule has 0 saturated carbocycles. The van der Waals surface area contributed by atoms with Crippen molar-refractivity contribution < 1.29 is 19.1 Å². The Kier molecular flexibility index (Phi) is 3.65. The van der Waals surface area contributed by atoms with Crippen molar-refractivity contribution in [3.63, 3.8) is 0 Å². The van der Waals surface area contributed by atoms with Crippen molar-refractivity contribution >= 4 is 17.7 Å². The Morgan fingerprint density at radius 2 is 1.91 bits per heavy atom. The maximum absolute atomic E-state index is 12.6. The summed E-state index contributed by atoms with van der Waals surface area (Å²) in [6.07, 6.45) is 3.57. The number of hydrogen-bond acceptors (Lipinski definition) is 5. The van der Waals surface area contributed by atoms with Crippen LogP contribution in [0, 0.1) is 11.8 Å². The first-order valence-corrected chi connectivity index (χ1v) is 8.61. The summed E-state index contributed by atoms with van der Waals surface area (Å²) in [6.45, 7) is 3.16. The monoisotopic (exact) mass is 321 g/mol. The fourth-order valence-corrected chi connectivity index (χ4v) is 4.54. The summed E-state index contributed by atoms with van der Waals surface area (Å²) >= 11 is 0. The van der Waals surface area contributed by atoms with E-state index in [9.17, 15) is 14.4 Å². The molecule has 0 aromatic heterocycles. The second-order valence-electron chi connectivity index (χ2n) is 7.10. The van der Waals surface area contributed by atoms with Crippen LogP contribution in [0.4, 0.5) is 0 Å². The van der Waals surface area contributed by atoms with Gasteiger partial charge in [-0.15, -0.1) is 0 Å². The Balaban J connectivity index is 1.41. The van der Waals surface area contributed by atoms with Gasteiger partial charge in [0.25, 0.3) is 0 Å². The van der Waals surface area contributed by atoms with Crippen LogP contribution in [0.5, 0.6) is 0 Å². The lowest BCUT2D eigenvalue weighted by atomic mass is 9.81. The predicted octanol–water partition coefficient (Wildman–Crippen LogP) is -0.594. The number of hydrogen-bond donors (Lipinski definition) is 2. The SMILES string of the molecule is CC(C(=O)NCC1CCCN1)N1C(=O)C2C3CCC(O3)C2C1=O. The molecule has 4 rings (SSSR count). The Morgan fingerprint density at radius 3 is 2.48 bits per heavy atom. The molecule has 4 aliphatic rings. The second kappa shape index (κ2) is 5.56. The fourth-order valence-electron chi connectivity index (χ4n) is 4.54. The van der Waals surface area contributed by atoms with Gasteiger partial charge in [-0.2, -0.15) is 0 Å². The molecule has 2 N–H and O–H groups in total. The highest BCUT2D eigenvalue weighted by Crippen LogP contribution is 2.48. The molecule has 3 amide bonds. The van der Waals surface area contributed by atoms with E-state index in [2.05, 4.69) is 10.6 Å². The summed E-state index contributed by atoms with van der Waals surface area (Å²) < 4.78 is 5.71. The normalized spacial score (nSPS) is 39.9. The number of fused-ring (bicyclic) bond motifs is 5. The number of carbonyl (C=O) groups is 3. The molecule has 4 saturated heterocycles. The molecule has 4 aliphatic heterocycles. The zero-order valence-corrected chi connectivity index (χ0v) is 13.3. The molecule has 0 aromatic carbocycles. The third-order valence-corrected chi connectivity index (χ3v) is 5.77. The standard InChI is InChI=1S/C16H23N3O4/c1-8(14(20)18-7-9-3-2-6-17-9)19-15(21)12-10-4-5-11(23-10)13(12)16(19)22/h8-13,17H,2-7H2,1H3,(H,18,20). The Labute approximate surface area is 135 Å². The molecular weight excluding hydrogens is 298 g/mol. The van der Waals surface area contributed by atoms with E-state index >= 15 is 0 Å². The average molecular weight is 321 g/mol. The predicted molar refractivity (Wildman–Crippen MR) is 80.2 cm³/mol. The van der Waals surface area contributed by atoms with Gasteiger partial charge in [0.05, 0.1) is 24.0 Å². The largest absolute Gasteiger partial charge is 0.373 e. The Bertz CT molecular complexity index is 517. The molecule has 7 nitrogen and oxygen atoms in total. The topological polar surface area (TPSA) is 87.7 Å². The van der Waals surface area contributed by atoms with Gasteiger partial charge in [0.1, 0.15) is 6.04 Å². The molecule has 4 heterocycles. The zero-order chi connectivity index (χ0) is 16.1. The first-order valence-electron chi connectivity index (χ1n) is 8.61.